The molecule has 1 aliphatic heterocycles. The molecule has 0 aliphatic carbocycles. The van der Waals surface area contributed by atoms with E-state index in [0.717, 1.165) is 6.26 Å². The van der Waals surface area contributed by atoms with E-state index in [1.54, 1.807) is 30.3 Å². The number of fused-ring (bicyclic) bond motifs is 1. The molecule has 1 aromatic heterocycles. The summed E-state index contributed by atoms with van der Waals surface area (Å²) >= 11 is 13.1. The van der Waals surface area contributed by atoms with Gasteiger partial charge < -0.3 is 5.73 Å². The minimum atomic E-state index is -3.44. The van der Waals surface area contributed by atoms with Crippen LogP contribution in [0.3, 0.4) is 0 Å². The van der Waals surface area contributed by atoms with Crippen LogP contribution in [0, 0.1) is 0 Å². The second kappa shape index (κ2) is 6.36. The maximum atomic E-state index is 12.0. The van der Waals surface area contributed by atoms with Crippen molar-refractivity contribution in [3.05, 3.63) is 58.2 Å². The highest BCUT2D eigenvalue weighted by molar-refractivity contribution is 7.89. The SMILES string of the molecule is CS(=O)(=O)n1ccc2c(-c3c(Cl)cc(C4(N)N=C(N)NN4)cc3Cl)cccc21. The minimum Gasteiger partial charge on any atom is -0.369 e. The number of aliphatic imine (C=N–C) groups is 1. The third-order valence-electron chi connectivity index (χ3n) is 4.48. The molecule has 0 saturated heterocycles. The van der Waals surface area contributed by atoms with Gasteiger partial charge in [-0.25, -0.2) is 17.4 Å². The third-order valence-corrected chi connectivity index (χ3v) is 6.11. The van der Waals surface area contributed by atoms with Crippen molar-refractivity contribution in [2.24, 2.45) is 16.5 Å². The lowest BCUT2D eigenvalue weighted by molar-refractivity contribution is 0.375. The molecule has 1 atom stereocenters. The number of nitrogens with one attached hydrogen (secondary N) is 2. The van der Waals surface area contributed by atoms with Crippen LogP contribution in [0.25, 0.3) is 22.0 Å². The van der Waals surface area contributed by atoms with Crippen molar-refractivity contribution in [1.82, 2.24) is 14.8 Å². The Bertz CT molecular complexity index is 1230. The Balaban J connectivity index is 1.91. The van der Waals surface area contributed by atoms with Crippen LogP contribution in [0.1, 0.15) is 5.56 Å². The molecular formula is C17H16Cl2N6O2S. The van der Waals surface area contributed by atoms with Gasteiger partial charge in [0.25, 0.3) is 0 Å². The van der Waals surface area contributed by atoms with E-state index >= 15 is 0 Å². The highest BCUT2D eigenvalue weighted by Crippen LogP contribution is 2.41. The fraction of sp³-hybridized carbons (Fsp3) is 0.118. The largest absolute Gasteiger partial charge is 0.369 e. The summed E-state index contributed by atoms with van der Waals surface area (Å²) < 4.78 is 25.2. The monoisotopic (exact) mass is 438 g/mol. The zero-order valence-electron chi connectivity index (χ0n) is 14.6. The summed E-state index contributed by atoms with van der Waals surface area (Å²) in [7, 11) is -3.44. The first-order valence-corrected chi connectivity index (χ1v) is 10.7. The number of nitrogens with zero attached hydrogens (tertiary/aromatic N) is 2. The standard InChI is InChI=1S/C17H16Cl2N6O2S/c1-28(26,27)25-6-5-10-11(3-2-4-14(10)25)15-12(18)7-9(8-13(15)19)17(21)22-16(20)23-24-17/h2-8,24H,21H2,1H3,(H3,20,22,23). The Morgan fingerprint density at radius 1 is 1.18 bits per heavy atom. The molecule has 28 heavy (non-hydrogen) atoms. The molecule has 6 N–H and O–H groups in total. The maximum absolute atomic E-state index is 12.0. The molecule has 0 saturated carbocycles. The van der Waals surface area contributed by atoms with Crippen molar-refractivity contribution in [2.45, 2.75) is 5.79 Å². The van der Waals surface area contributed by atoms with Gasteiger partial charge in [0.15, 0.2) is 0 Å². The van der Waals surface area contributed by atoms with Gasteiger partial charge in [0.05, 0.1) is 21.8 Å². The van der Waals surface area contributed by atoms with Crippen LogP contribution in [-0.2, 0) is 15.8 Å². The van der Waals surface area contributed by atoms with Crippen LogP contribution < -0.4 is 22.3 Å². The topological polar surface area (TPSA) is 128 Å². The first-order valence-electron chi connectivity index (χ1n) is 8.08. The summed E-state index contributed by atoms with van der Waals surface area (Å²) in [5, 5.41) is 1.39. The normalized spacial score (nSPS) is 19.6. The van der Waals surface area contributed by atoms with Crippen molar-refractivity contribution in [1.29, 1.82) is 0 Å². The van der Waals surface area contributed by atoms with E-state index in [1.807, 2.05) is 6.07 Å². The lowest BCUT2D eigenvalue weighted by atomic mass is 9.98. The predicted molar refractivity (Wildman–Crippen MR) is 111 cm³/mol. The van der Waals surface area contributed by atoms with Gasteiger partial charge in [-0.2, -0.15) is 5.43 Å². The van der Waals surface area contributed by atoms with Crippen molar-refractivity contribution in [2.75, 3.05) is 6.26 Å². The Kier molecular flexibility index (Phi) is 4.32. The highest BCUT2D eigenvalue weighted by Gasteiger charge is 2.33. The molecule has 8 nitrogen and oxygen atoms in total. The van der Waals surface area contributed by atoms with Crippen LogP contribution in [-0.4, -0.2) is 24.6 Å². The molecule has 146 valence electrons. The smallest absolute Gasteiger partial charge is 0.236 e. The van der Waals surface area contributed by atoms with E-state index in [-0.39, 0.29) is 5.96 Å². The van der Waals surface area contributed by atoms with Gasteiger partial charge in [0.1, 0.15) is 0 Å². The summed E-state index contributed by atoms with van der Waals surface area (Å²) in [6.45, 7) is 0. The Morgan fingerprint density at radius 3 is 2.43 bits per heavy atom. The molecule has 4 rings (SSSR count). The van der Waals surface area contributed by atoms with Gasteiger partial charge in [-0.15, -0.1) is 0 Å². The third kappa shape index (κ3) is 3.01. The van der Waals surface area contributed by atoms with E-state index < -0.39 is 15.8 Å². The van der Waals surface area contributed by atoms with E-state index in [9.17, 15) is 8.42 Å². The lowest BCUT2D eigenvalue weighted by Gasteiger charge is -2.22. The van der Waals surface area contributed by atoms with Crippen LogP contribution >= 0.6 is 23.2 Å². The molecule has 0 fully saturated rings. The van der Waals surface area contributed by atoms with E-state index in [1.165, 1.54) is 10.2 Å². The number of hydrogen-bond donors (Lipinski definition) is 4. The van der Waals surface area contributed by atoms with Crippen LogP contribution in [0.4, 0.5) is 0 Å². The summed E-state index contributed by atoms with van der Waals surface area (Å²) in [5.74, 6) is -1.16. The van der Waals surface area contributed by atoms with Crippen molar-refractivity contribution >= 4 is 50.1 Å². The number of guanidine groups is 1. The number of nitrogens with two attached hydrogens (primary N) is 2. The Morgan fingerprint density at radius 2 is 1.86 bits per heavy atom. The molecule has 3 aromatic rings. The number of benzene rings is 2. The van der Waals surface area contributed by atoms with Crippen molar-refractivity contribution in [3.8, 4) is 11.1 Å². The Labute approximate surface area is 171 Å². The number of halogens is 2. The highest BCUT2D eigenvalue weighted by atomic mass is 35.5. The summed E-state index contributed by atoms with van der Waals surface area (Å²) in [5.41, 5.74) is 19.6. The van der Waals surface area contributed by atoms with E-state index in [2.05, 4.69) is 15.8 Å². The molecule has 2 heterocycles. The second-order valence-corrected chi connectivity index (χ2v) is 9.12. The molecule has 1 unspecified atom stereocenters. The Hall–Kier alpha value is -2.30. The number of hydrogen-bond acceptors (Lipinski definition) is 7. The predicted octanol–water partition coefficient (Wildman–Crippen LogP) is 1.91. The fourth-order valence-electron chi connectivity index (χ4n) is 3.24. The zero-order chi connectivity index (χ0) is 20.3. The second-order valence-electron chi connectivity index (χ2n) is 6.44. The molecule has 0 amide bonds. The quantitative estimate of drug-likeness (QED) is 0.494. The molecule has 1 aliphatic rings. The minimum absolute atomic E-state index is 0.144. The van der Waals surface area contributed by atoms with E-state index in [4.69, 9.17) is 34.7 Å². The van der Waals surface area contributed by atoms with Crippen LogP contribution in [0.15, 0.2) is 47.6 Å². The molecule has 0 radical (unpaired) electrons. The molecule has 2 aromatic carbocycles. The number of aromatic nitrogens is 1. The van der Waals surface area contributed by atoms with Gasteiger partial charge in [0, 0.05) is 22.7 Å². The summed E-state index contributed by atoms with van der Waals surface area (Å²) in [6, 6.07) is 10.3. The molecule has 0 spiro atoms. The van der Waals surface area contributed by atoms with E-state index in [0.29, 0.717) is 37.6 Å². The summed E-state index contributed by atoms with van der Waals surface area (Å²) in [4.78, 5) is 4.12. The average molecular weight is 439 g/mol. The van der Waals surface area contributed by atoms with Gasteiger partial charge >= 0.3 is 0 Å². The molecule has 0 bridgehead atoms. The first kappa shape index (κ1) is 19.0. The van der Waals surface area contributed by atoms with Gasteiger partial charge in [-0.3, -0.25) is 11.2 Å². The van der Waals surface area contributed by atoms with Crippen LogP contribution in [0.5, 0.6) is 0 Å². The maximum Gasteiger partial charge on any atom is 0.236 e. The van der Waals surface area contributed by atoms with Crippen molar-refractivity contribution in [3.63, 3.8) is 0 Å². The summed E-state index contributed by atoms with van der Waals surface area (Å²) in [6.07, 6.45) is 2.64. The number of rotatable bonds is 3. The lowest BCUT2D eigenvalue weighted by Crippen LogP contribution is -2.50. The van der Waals surface area contributed by atoms with Gasteiger partial charge in [-0.05, 0) is 29.8 Å². The number of hydrazine groups is 1. The fourth-order valence-corrected chi connectivity index (χ4v) is 4.73. The molecule has 11 heteroatoms. The zero-order valence-corrected chi connectivity index (χ0v) is 16.9. The average Bonchev–Trinajstić information content (AvgIpc) is 3.18. The van der Waals surface area contributed by atoms with Crippen molar-refractivity contribution < 1.29 is 8.42 Å². The van der Waals surface area contributed by atoms with Gasteiger partial charge in [-0.1, -0.05) is 35.3 Å². The van der Waals surface area contributed by atoms with Gasteiger partial charge in [0.2, 0.25) is 21.8 Å². The van der Waals surface area contributed by atoms with Crippen LogP contribution in [0.2, 0.25) is 10.0 Å². The first-order chi connectivity index (χ1) is 13.1. The molecular weight excluding hydrogens is 423 g/mol.